The van der Waals surface area contributed by atoms with Gasteiger partial charge in [-0.05, 0) is 26.0 Å². The number of para-hydroxylation sites is 2. The van der Waals surface area contributed by atoms with Crippen LogP contribution >= 0.6 is 0 Å². The zero-order valence-corrected chi connectivity index (χ0v) is 10.3. The van der Waals surface area contributed by atoms with Gasteiger partial charge in [0.2, 0.25) is 0 Å². The molecule has 2 atom stereocenters. The first-order valence-electron chi connectivity index (χ1n) is 5.56. The predicted octanol–water partition coefficient (Wildman–Crippen LogP) is 1.50. The number of hydrogen-bond donors (Lipinski definition) is 4. The minimum atomic E-state index is -0.956. The molecule has 0 aromatic heterocycles. The van der Waals surface area contributed by atoms with Crippen molar-refractivity contribution in [3.63, 3.8) is 0 Å². The van der Waals surface area contributed by atoms with E-state index >= 15 is 0 Å². The quantitative estimate of drug-likeness (QED) is 0.608. The lowest BCUT2D eigenvalue weighted by Crippen LogP contribution is -2.42. The van der Waals surface area contributed by atoms with Crippen molar-refractivity contribution >= 4 is 23.4 Å². The number of carboxylic acid groups (broad SMARTS) is 1. The largest absolute Gasteiger partial charge is 0.481 e. The first kappa shape index (κ1) is 13.8. The van der Waals surface area contributed by atoms with Gasteiger partial charge in [0.05, 0.1) is 17.3 Å². The summed E-state index contributed by atoms with van der Waals surface area (Å²) in [4.78, 5) is 22.4. The summed E-state index contributed by atoms with van der Waals surface area (Å²) >= 11 is 0. The average Bonchev–Trinajstić information content (AvgIpc) is 2.30. The number of aliphatic carboxylic acids is 1. The molecular formula is C12H17N3O3. The van der Waals surface area contributed by atoms with Crippen LogP contribution in [0.3, 0.4) is 0 Å². The van der Waals surface area contributed by atoms with Crippen LogP contribution in [0.1, 0.15) is 13.8 Å². The summed E-state index contributed by atoms with van der Waals surface area (Å²) in [5, 5.41) is 13.9. The van der Waals surface area contributed by atoms with E-state index in [0.29, 0.717) is 11.4 Å². The summed E-state index contributed by atoms with van der Waals surface area (Å²) in [6.07, 6.45) is 0. The van der Waals surface area contributed by atoms with Crippen molar-refractivity contribution in [3.05, 3.63) is 24.3 Å². The number of rotatable bonds is 4. The van der Waals surface area contributed by atoms with Gasteiger partial charge in [-0.3, -0.25) is 4.79 Å². The summed E-state index contributed by atoms with van der Waals surface area (Å²) in [7, 11) is 0. The highest BCUT2D eigenvalue weighted by atomic mass is 16.4. The maximum absolute atomic E-state index is 11.6. The summed E-state index contributed by atoms with van der Waals surface area (Å²) < 4.78 is 0. The van der Waals surface area contributed by atoms with Crippen LogP contribution in [0.4, 0.5) is 16.2 Å². The number of nitrogens with one attached hydrogen (secondary N) is 2. The number of carbonyl (C=O) groups is 2. The van der Waals surface area contributed by atoms with Crippen LogP contribution in [0, 0.1) is 5.92 Å². The number of nitrogen functional groups attached to an aromatic ring is 1. The van der Waals surface area contributed by atoms with Crippen LogP contribution < -0.4 is 16.4 Å². The Morgan fingerprint density at radius 1 is 1.28 bits per heavy atom. The second kappa shape index (κ2) is 5.90. The topological polar surface area (TPSA) is 104 Å². The lowest BCUT2D eigenvalue weighted by molar-refractivity contribution is -0.141. The average molecular weight is 251 g/mol. The smallest absolute Gasteiger partial charge is 0.319 e. The Morgan fingerprint density at radius 2 is 1.89 bits per heavy atom. The van der Waals surface area contributed by atoms with Crippen molar-refractivity contribution in [1.82, 2.24) is 5.32 Å². The van der Waals surface area contributed by atoms with Gasteiger partial charge < -0.3 is 21.5 Å². The molecule has 0 radical (unpaired) electrons. The van der Waals surface area contributed by atoms with Crippen molar-refractivity contribution in [3.8, 4) is 0 Å². The molecule has 6 nitrogen and oxygen atoms in total. The monoisotopic (exact) mass is 251 g/mol. The van der Waals surface area contributed by atoms with Gasteiger partial charge in [-0.1, -0.05) is 12.1 Å². The van der Waals surface area contributed by atoms with E-state index in [0.717, 1.165) is 0 Å². The second-order valence-electron chi connectivity index (χ2n) is 4.10. The molecular weight excluding hydrogens is 234 g/mol. The number of hydrogen-bond acceptors (Lipinski definition) is 3. The first-order valence-corrected chi connectivity index (χ1v) is 5.56. The number of nitrogens with two attached hydrogens (primary N) is 1. The molecule has 2 unspecified atom stereocenters. The van der Waals surface area contributed by atoms with Crippen LogP contribution in [-0.2, 0) is 4.79 Å². The molecule has 0 aliphatic carbocycles. The fraction of sp³-hybridized carbons (Fsp3) is 0.333. The Labute approximate surface area is 105 Å². The SMILES string of the molecule is CC(NC(=O)Nc1ccccc1N)C(C)C(=O)O. The molecule has 0 aliphatic rings. The molecule has 0 bridgehead atoms. The third-order valence-corrected chi connectivity index (χ3v) is 2.71. The molecule has 1 aromatic rings. The van der Waals surface area contributed by atoms with E-state index in [1.807, 2.05) is 0 Å². The van der Waals surface area contributed by atoms with E-state index in [2.05, 4.69) is 10.6 Å². The maximum atomic E-state index is 11.6. The molecule has 18 heavy (non-hydrogen) atoms. The summed E-state index contributed by atoms with van der Waals surface area (Å²) in [5.41, 5.74) is 6.61. The number of carboxylic acids is 1. The van der Waals surface area contributed by atoms with E-state index in [1.54, 1.807) is 31.2 Å². The first-order chi connectivity index (χ1) is 8.41. The van der Waals surface area contributed by atoms with Gasteiger partial charge >= 0.3 is 12.0 Å². The van der Waals surface area contributed by atoms with Crippen molar-refractivity contribution in [1.29, 1.82) is 0 Å². The Kier molecular flexibility index (Phi) is 4.53. The lowest BCUT2D eigenvalue weighted by atomic mass is 10.0. The summed E-state index contributed by atoms with van der Waals surface area (Å²) in [6, 6.07) is 5.88. The molecule has 5 N–H and O–H groups in total. The van der Waals surface area contributed by atoms with E-state index in [4.69, 9.17) is 10.8 Å². The Bertz CT molecular complexity index is 448. The van der Waals surface area contributed by atoms with E-state index in [1.165, 1.54) is 6.92 Å². The van der Waals surface area contributed by atoms with Crippen LogP contribution in [0.15, 0.2) is 24.3 Å². The van der Waals surface area contributed by atoms with Crippen LogP contribution in [0.5, 0.6) is 0 Å². The van der Waals surface area contributed by atoms with Gasteiger partial charge in [-0.2, -0.15) is 0 Å². The third-order valence-electron chi connectivity index (χ3n) is 2.71. The highest BCUT2D eigenvalue weighted by Crippen LogP contribution is 2.16. The van der Waals surface area contributed by atoms with Crippen molar-refractivity contribution < 1.29 is 14.7 Å². The van der Waals surface area contributed by atoms with Gasteiger partial charge in [-0.15, -0.1) is 0 Å². The molecule has 0 aliphatic heterocycles. The Morgan fingerprint density at radius 3 is 2.44 bits per heavy atom. The van der Waals surface area contributed by atoms with Crippen LogP contribution in [0.2, 0.25) is 0 Å². The van der Waals surface area contributed by atoms with Crippen molar-refractivity contribution in [2.75, 3.05) is 11.1 Å². The molecule has 6 heteroatoms. The number of carbonyl (C=O) groups excluding carboxylic acids is 1. The van der Waals surface area contributed by atoms with Gasteiger partial charge in [0.1, 0.15) is 0 Å². The zero-order chi connectivity index (χ0) is 13.7. The fourth-order valence-corrected chi connectivity index (χ4v) is 1.31. The molecule has 98 valence electrons. The highest BCUT2D eigenvalue weighted by molar-refractivity contribution is 5.92. The molecule has 0 saturated carbocycles. The standard InChI is InChI=1S/C12H17N3O3/c1-7(11(16)17)8(2)14-12(18)15-10-6-4-3-5-9(10)13/h3-8H,13H2,1-2H3,(H,16,17)(H2,14,15,18). The Balaban J connectivity index is 2.57. The molecule has 0 spiro atoms. The fourth-order valence-electron chi connectivity index (χ4n) is 1.31. The Hall–Kier alpha value is -2.24. The molecule has 0 fully saturated rings. The number of amides is 2. The molecule has 0 saturated heterocycles. The molecule has 2 amide bonds. The van der Waals surface area contributed by atoms with E-state index < -0.39 is 24.0 Å². The van der Waals surface area contributed by atoms with Gasteiger partial charge in [0, 0.05) is 6.04 Å². The van der Waals surface area contributed by atoms with Gasteiger partial charge in [-0.25, -0.2) is 4.79 Å². The minimum absolute atomic E-state index is 0.451. The van der Waals surface area contributed by atoms with E-state index in [9.17, 15) is 9.59 Å². The van der Waals surface area contributed by atoms with E-state index in [-0.39, 0.29) is 0 Å². The van der Waals surface area contributed by atoms with Crippen molar-refractivity contribution in [2.45, 2.75) is 19.9 Å². The zero-order valence-electron chi connectivity index (χ0n) is 10.3. The summed E-state index contributed by atoms with van der Waals surface area (Å²) in [5.74, 6) is -1.62. The lowest BCUT2D eigenvalue weighted by Gasteiger charge is -2.18. The molecule has 1 rings (SSSR count). The van der Waals surface area contributed by atoms with Gasteiger partial charge in [0.25, 0.3) is 0 Å². The van der Waals surface area contributed by atoms with Crippen LogP contribution in [0.25, 0.3) is 0 Å². The highest BCUT2D eigenvalue weighted by Gasteiger charge is 2.20. The van der Waals surface area contributed by atoms with Crippen LogP contribution in [-0.4, -0.2) is 23.1 Å². The maximum Gasteiger partial charge on any atom is 0.319 e. The number of anilines is 2. The second-order valence-corrected chi connectivity index (χ2v) is 4.10. The van der Waals surface area contributed by atoms with Crippen molar-refractivity contribution in [2.24, 2.45) is 5.92 Å². The molecule has 0 heterocycles. The molecule has 1 aromatic carbocycles. The summed E-state index contributed by atoms with van der Waals surface area (Å²) in [6.45, 7) is 3.16. The number of urea groups is 1. The third kappa shape index (κ3) is 3.65. The van der Waals surface area contributed by atoms with Gasteiger partial charge in [0.15, 0.2) is 0 Å². The number of benzene rings is 1. The normalized spacial score (nSPS) is 13.4. The minimum Gasteiger partial charge on any atom is -0.481 e. The predicted molar refractivity (Wildman–Crippen MR) is 69.3 cm³/mol.